The van der Waals surface area contributed by atoms with Gasteiger partial charge in [0.2, 0.25) is 0 Å². The van der Waals surface area contributed by atoms with E-state index in [1.54, 1.807) is 38.1 Å². The summed E-state index contributed by atoms with van der Waals surface area (Å²) in [5, 5.41) is 14.4. The van der Waals surface area contributed by atoms with Gasteiger partial charge in [0.25, 0.3) is 0 Å². The number of aryl methyl sites for hydroxylation is 1. The Kier molecular flexibility index (Phi) is 4.61. The van der Waals surface area contributed by atoms with Gasteiger partial charge >= 0.3 is 0 Å². The number of ether oxygens (including phenoxy) is 2. The van der Waals surface area contributed by atoms with Crippen molar-refractivity contribution < 1.29 is 14.6 Å². The van der Waals surface area contributed by atoms with Gasteiger partial charge in [0.15, 0.2) is 11.5 Å². The molecule has 6 nitrogen and oxygen atoms in total. The van der Waals surface area contributed by atoms with Crippen LogP contribution in [-0.2, 0) is 13.5 Å². The number of benzene rings is 1. The number of aromatic nitrogens is 3. The minimum atomic E-state index is -0.716. The zero-order valence-corrected chi connectivity index (χ0v) is 13.1. The van der Waals surface area contributed by atoms with Crippen LogP contribution in [0, 0.1) is 0 Å². The minimum absolute atomic E-state index is 0.366. The molecule has 0 saturated carbocycles. The Balaban J connectivity index is 2.30. The fraction of sp³-hybridized carbons (Fsp3) is 0.385. The van der Waals surface area contributed by atoms with Gasteiger partial charge in [-0.25, -0.2) is 4.98 Å². The first-order valence-electron chi connectivity index (χ1n) is 5.99. The van der Waals surface area contributed by atoms with Crippen LogP contribution in [0.4, 0.5) is 0 Å². The Morgan fingerprint density at radius 2 is 1.95 bits per heavy atom. The molecule has 1 aromatic heterocycles. The monoisotopic (exact) mass is 341 g/mol. The summed E-state index contributed by atoms with van der Waals surface area (Å²) in [5.74, 6) is 1.89. The van der Waals surface area contributed by atoms with E-state index in [2.05, 4.69) is 26.0 Å². The van der Waals surface area contributed by atoms with E-state index in [4.69, 9.17) is 9.47 Å². The van der Waals surface area contributed by atoms with Crippen LogP contribution in [0.5, 0.6) is 11.5 Å². The summed E-state index contributed by atoms with van der Waals surface area (Å²) in [5.41, 5.74) is 0.714. The summed E-state index contributed by atoms with van der Waals surface area (Å²) in [6.45, 7) is 0. The number of aliphatic hydroxyl groups is 1. The molecule has 2 rings (SSSR count). The first-order valence-corrected chi connectivity index (χ1v) is 6.78. The van der Waals surface area contributed by atoms with E-state index in [0.717, 1.165) is 4.47 Å². The van der Waals surface area contributed by atoms with Crippen molar-refractivity contribution in [1.82, 2.24) is 14.8 Å². The SMILES string of the molecule is COc1cc(Br)c(C(O)Cc2ncnn2C)cc1OC. The van der Waals surface area contributed by atoms with Crippen molar-refractivity contribution in [2.45, 2.75) is 12.5 Å². The van der Waals surface area contributed by atoms with Gasteiger partial charge < -0.3 is 14.6 Å². The van der Waals surface area contributed by atoms with Crippen LogP contribution in [0.25, 0.3) is 0 Å². The molecule has 7 heteroatoms. The maximum atomic E-state index is 10.4. The second-order valence-corrected chi connectivity index (χ2v) is 5.10. The Morgan fingerprint density at radius 3 is 2.50 bits per heavy atom. The summed E-state index contributed by atoms with van der Waals surface area (Å²) in [4.78, 5) is 4.11. The van der Waals surface area contributed by atoms with E-state index in [-0.39, 0.29) is 0 Å². The van der Waals surface area contributed by atoms with Crippen LogP contribution in [-0.4, -0.2) is 34.1 Å². The summed E-state index contributed by atoms with van der Waals surface area (Å²) < 4.78 is 12.9. The van der Waals surface area contributed by atoms with Gasteiger partial charge in [0, 0.05) is 17.9 Å². The molecule has 0 aliphatic rings. The highest BCUT2D eigenvalue weighted by atomic mass is 79.9. The van der Waals surface area contributed by atoms with E-state index in [9.17, 15) is 5.11 Å². The summed E-state index contributed by atoms with van der Waals surface area (Å²) in [6.07, 6.45) is 1.11. The Bertz CT molecular complexity index is 601. The molecular formula is C13H16BrN3O3. The largest absolute Gasteiger partial charge is 0.493 e. The van der Waals surface area contributed by atoms with E-state index >= 15 is 0 Å². The first-order chi connectivity index (χ1) is 9.56. The maximum absolute atomic E-state index is 10.4. The smallest absolute Gasteiger partial charge is 0.161 e. The molecule has 0 fully saturated rings. The molecule has 0 spiro atoms. The van der Waals surface area contributed by atoms with Crippen molar-refractivity contribution >= 4 is 15.9 Å². The quantitative estimate of drug-likeness (QED) is 0.898. The van der Waals surface area contributed by atoms with E-state index in [1.807, 2.05) is 0 Å². The number of aliphatic hydroxyl groups excluding tert-OH is 1. The highest BCUT2D eigenvalue weighted by Crippen LogP contribution is 2.36. The van der Waals surface area contributed by atoms with Crippen molar-refractivity contribution in [2.75, 3.05) is 14.2 Å². The van der Waals surface area contributed by atoms with Crippen molar-refractivity contribution in [1.29, 1.82) is 0 Å². The van der Waals surface area contributed by atoms with Crippen LogP contribution in [0.15, 0.2) is 22.9 Å². The first kappa shape index (κ1) is 14.8. The molecule has 1 aromatic carbocycles. The Morgan fingerprint density at radius 1 is 1.30 bits per heavy atom. The van der Waals surface area contributed by atoms with Crippen LogP contribution in [0.3, 0.4) is 0 Å². The number of halogens is 1. The second kappa shape index (κ2) is 6.23. The average Bonchev–Trinajstić information content (AvgIpc) is 2.83. The molecule has 0 radical (unpaired) electrons. The van der Waals surface area contributed by atoms with Crippen LogP contribution >= 0.6 is 15.9 Å². The molecule has 1 unspecified atom stereocenters. The summed E-state index contributed by atoms with van der Waals surface area (Å²) in [7, 11) is 4.92. The number of rotatable bonds is 5. The standard InChI is InChI=1S/C13H16BrN3O3/c1-17-13(15-7-16-17)6-10(18)8-4-11(19-2)12(20-3)5-9(8)14/h4-5,7,10,18H,6H2,1-3H3. The number of methoxy groups -OCH3 is 2. The molecule has 2 aromatic rings. The van der Waals surface area contributed by atoms with Gasteiger partial charge in [-0.05, 0) is 17.7 Å². The number of nitrogens with zero attached hydrogens (tertiary/aromatic N) is 3. The lowest BCUT2D eigenvalue weighted by Gasteiger charge is -2.16. The third-order valence-corrected chi connectivity index (χ3v) is 3.73. The zero-order chi connectivity index (χ0) is 14.7. The summed E-state index contributed by atoms with van der Waals surface area (Å²) >= 11 is 3.44. The Labute approximate surface area is 125 Å². The molecule has 1 N–H and O–H groups in total. The number of hydrogen-bond acceptors (Lipinski definition) is 5. The highest BCUT2D eigenvalue weighted by molar-refractivity contribution is 9.10. The van der Waals surface area contributed by atoms with Gasteiger partial charge in [-0.15, -0.1) is 0 Å². The van der Waals surface area contributed by atoms with Crippen LogP contribution in [0.1, 0.15) is 17.5 Å². The molecule has 0 saturated heterocycles. The number of hydrogen-bond donors (Lipinski definition) is 1. The third-order valence-electron chi connectivity index (χ3n) is 3.04. The van der Waals surface area contributed by atoms with Crippen molar-refractivity contribution in [3.63, 3.8) is 0 Å². The molecule has 108 valence electrons. The molecule has 1 heterocycles. The molecule has 0 amide bonds. The average molecular weight is 342 g/mol. The molecule has 0 aliphatic heterocycles. The zero-order valence-electron chi connectivity index (χ0n) is 11.5. The van der Waals surface area contributed by atoms with Gasteiger partial charge in [-0.2, -0.15) is 5.10 Å². The minimum Gasteiger partial charge on any atom is -0.493 e. The molecule has 20 heavy (non-hydrogen) atoms. The maximum Gasteiger partial charge on any atom is 0.161 e. The van der Waals surface area contributed by atoms with Gasteiger partial charge in [0.1, 0.15) is 12.2 Å². The second-order valence-electron chi connectivity index (χ2n) is 4.25. The highest BCUT2D eigenvalue weighted by Gasteiger charge is 2.18. The van der Waals surface area contributed by atoms with E-state index in [1.165, 1.54) is 6.33 Å². The fourth-order valence-electron chi connectivity index (χ4n) is 1.91. The predicted octanol–water partition coefficient (Wildman–Crippen LogP) is 1.87. The third kappa shape index (κ3) is 2.94. The normalized spacial score (nSPS) is 12.2. The lowest BCUT2D eigenvalue weighted by atomic mass is 10.1. The van der Waals surface area contributed by atoms with Gasteiger partial charge in [0.05, 0.1) is 20.3 Å². The van der Waals surface area contributed by atoms with Gasteiger partial charge in [-0.1, -0.05) is 15.9 Å². The molecular weight excluding hydrogens is 326 g/mol. The van der Waals surface area contributed by atoms with Crippen molar-refractivity contribution in [3.05, 3.63) is 34.3 Å². The van der Waals surface area contributed by atoms with Gasteiger partial charge in [-0.3, -0.25) is 4.68 Å². The molecule has 0 bridgehead atoms. The van der Waals surface area contributed by atoms with E-state index < -0.39 is 6.10 Å². The molecule has 1 atom stereocenters. The fourth-order valence-corrected chi connectivity index (χ4v) is 2.50. The van der Waals surface area contributed by atoms with Crippen molar-refractivity contribution in [2.24, 2.45) is 7.05 Å². The summed E-state index contributed by atoms with van der Waals surface area (Å²) in [6, 6.07) is 3.53. The predicted molar refractivity (Wildman–Crippen MR) is 76.9 cm³/mol. The lowest BCUT2D eigenvalue weighted by molar-refractivity contribution is 0.173. The lowest BCUT2D eigenvalue weighted by Crippen LogP contribution is -2.08. The molecule has 0 aliphatic carbocycles. The van der Waals surface area contributed by atoms with Crippen molar-refractivity contribution in [3.8, 4) is 11.5 Å². The van der Waals surface area contributed by atoms with Crippen LogP contribution in [0.2, 0.25) is 0 Å². The Hall–Kier alpha value is -1.60. The van der Waals surface area contributed by atoms with E-state index in [0.29, 0.717) is 29.3 Å². The van der Waals surface area contributed by atoms with Crippen LogP contribution < -0.4 is 9.47 Å². The topological polar surface area (TPSA) is 69.4 Å².